The molecule has 0 bridgehead atoms. The van der Waals surface area contributed by atoms with E-state index in [4.69, 9.17) is 15.0 Å². The topological polar surface area (TPSA) is 161 Å². The van der Waals surface area contributed by atoms with Crippen LogP contribution < -0.4 is 20.5 Å². The molecule has 0 spiro atoms. The number of halogens is 1. The SMILES string of the molecule is COc1cc(S(N)(=O)=O)ccc1NCC#Cc1sc2c(NC3CCN(CC(O)CO)CC3F)cccc2c1CC#N. The number of methoxy groups -OCH3 is 1. The maximum Gasteiger partial charge on any atom is 0.238 e. The van der Waals surface area contributed by atoms with Gasteiger partial charge in [0.2, 0.25) is 10.0 Å². The van der Waals surface area contributed by atoms with Crippen LogP contribution in [0.1, 0.15) is 16.9 Å². The van der Waals surface area contributed by atoms with E-state index < -0.39 is 28.3 Å². The minimum atomic E-state index is -3.87. The van der Waals surface area contributed by atoms with Crippen LogP contribution in [0.5, 0.6) is 5.75 Å². The number of alkyl halides is 1. The van der Waals surface area contributed by atoms with Crippen LogP contribution in [-0.4, -0.2) is 81.7 Å². The van der Waals surface area contributed by atoms with Crippen LogP contribution >= 0.6 is 11.3 Å². The molecule has 2 heterocycles. The van der Waals surface area contributed by atoms with E-state index in [1.807, 2.05) is 23.1 Å². The van der Waals surface area contributed by atoms with Crippen LogP contribution in [0.4, 0.5) is 15.8 Å². The van der Waals surface area contributed by atoms with Crippen molar-refractivity contribution in [1.29, 1.82) is 5.26 Å². The Morgan fingerprint density at radius 2 is 2.12 bits per heavy atom. The predicted octanol–water partition coefficient (Wildman–Crippen LogP) is 2.26. The summed E-state index contributed by atoms with van der Waals surface area (Å²) in [5, 5.41) is 40.8. The second-order valence-electron chi connectivity index (χ2n) is 9.64. The molecule has 3 atom stereocenters. The summed E-state index contributed by atoms with van der Waals surface area (Å²) in [6.45, 7) is 0.850. The molecule has 218 valence electrons. The Labute approximate surface area is 242 Å². The Morgan fingerprint density at radius 1 is 1.32 bits per heavy atom. The molecule has 1 aliphatic heterocycles. The highest BCUT2D eigenvalue weighted by Crippen LogP contribution is 2.37. The van der Waals surface area contributed by atoms with Gasteiger partial charge in [-0.1, -0.05) is 24.0 Å². The zero-order chi connectivity index (χ0) is 29.6. The number of fused-ring (bicyclic) bond motifs is 1. The number of benzene rings is 2. The molecule has 6 N–H and O–H groups in total. The molecule has 10 nitrogen and oxygen atoms in total. The lowest BCUT2D eigenvalue weighted by Crippen LogP contribution is -2.50. The first-order chi connectivity index (χ1) is 19.6. The Kier molecular flexibility index (Phi) is 10.0. The van der Waals surface area contributed by atoms with Gasteiger partial charge in [-0.2, -0.15) is 5.26 Å². The average molecular weight is 602 g/mol. The van der Waals surface area contributed by atoms with Crippen LogP contribution in [0.15, 0.2) is 41.3 Å². The highest BCUT2D eigenvalue weighted by atomic mass is 32.2. The van der Waals surface area contributed by atoms with Gasteiger partial charge in [0.05, 0.1) is 70.7 Å². The average Bonchev–Trinajstić information content (AvgIpc) is 3.30. The number of likely N-dealkylation sites (tertiary alicyclic amines) is 1. The molecule has 0 amide bonds. The van der Waals surface area contributed by atoms with Crippen molar-refractivity contribution in [3.63, 3.8) is 0 Å². The monoisotopic (exact) mass is 601 g/mol. The third-order valence-corrected chi connectivity index (χ3v) is 8.90. The van der Waals surface area contributed by atoms with E-state index >= 15 is 4.39 Å². The van der Waals surface area contributed by atoms with Gasteiger partial charge in [-0.15, -0.1) is 11.3 Å². The number of nitrogens with zero attached hydrogens (tertiary/aromatic N) is 2. The normalized spacial score (nSPS) is 18.2. The summed E-state index contributed by atoms with van der Waals surface area (Å²) in [5.74, 6) is 6.51. The Bertz CT molecular complexity index is 1590. The van der Waals surface area contributed by atoms with Crippen molar-refractivity contribution in [3.05, 3.63) is 46.8 Å². The van der Waals surface area contributed by atoms with Gasteiger partial charge >= 0.3 is 0 Å². The number of hydrogen-bond acceptors (Lipinski definition) is 10. The number of aliphatic hydroxyl groups is 2. The molecule has 3 aromatic rings. The predicted molar refractivity (Wildman–Crippen MR) is 157 cm³/mol. The molecular formula is C28H32FN5O5S2. The van der Waals surface area contributed by atoms with E-state index in [0.29, 0.717) is 24.4 Å². The molecule has 1 aliphatic rings. The van der Waals surface area contributed by atoms with Gasteiger partial charge in [0.25, 0.3) is 0 Å². The number of nitriles is 1. The molecule has 1 fully saturated rings. The van der Waals surface area contributed by atoms with E-state index in [0.717, 1.165) is 26.2 Å². The van der Waals surface area contributed by atoms with Gasteiger partial charge in [0.1, 0.15) is 11.9 Å². The van der Waals surface area contributed by atoms with Gasteiger partial charge in [0, 0.05) is 36.7 Å². The molecule has 41 heavy (non-hydrogen) atoms. The van der Waals surface area contributed by atoms with Gasteiger partial charge in [-0.3, -0.25) is 4.90 Å². The molecule has 2 aromatic carbocycles. The standard InChI is InChI=1S/C28H32FN5O5S2/c1-39-26-14-19(41(31,37)38)7-8-24(26)32-12-3-6-27-20(9-11-30)21-4-2-5-25(28(21)40-27)33-23-10-13-34(16-22(23)29)15-18(36)17-35/h2,4-5,7-8,14,18,22-23,32-33,35-36H,9-10,12-13,15-17H2,1H3,(H2,31,37,38). The number of piperidine rings is 1. The Morgan fingerprint density at radius 3 is 2.80 bits per heavy atom. The quantitative estimate of drug-likeness (QED) is 0.220. The number of ether oxygens (including phenoxy) is 1. The fraction of sp³-hybridized carbons (Fsp3) is 0.393. The number of β-amino-alcohol motifs (C(OH)–C–C–N with tert-alkyl or cyclic N) is 1. The van der Waals surface area contributed by atoms with Crippen molar-refractivity contribution < 1.29 is 27.8 Å². The van der Waals surface area contributed by atoms with Crippen molar-refractivity contribution in [2.45, 2.75) is 36.1 Å². The molecule has 1 aromatic heterocycles. The summed E-state index contributed by atoms with van der Waals surface area (Å²) in [6, 6.07) is 11.7. The summed E-state index contributed by atoms with van der Waals surface area (Å²) < 4.78 is 44.5. The highest BCUT2D eigenvalue weighted by molar-refractivity contribution is 7.89. The van der Waals surface area contributed by atoms with E-state index in [2.05, 4.69) is 28.5 Å². The van der Waals surface area contributed by atoms with Crippen molar-refractivity contribution in [1.82, 2.24) is 4.90 Å². The lowest BCUT2D eigenvalue weighted by molar-refractivity contribution is 0.0365. The highest BCUT2D eigenvalue weighted by Gasteiger charge is 2.30. The van der Waals surface area contributed by atoms with Crippen LogP contribution in [0.2, 0.25) is 0 Å². The summed E-state index contributed by atoms with van der Waals surface area (Å²) in [7, 11) is -2.44. The second kappa shape index (κ2) is 13.5. The third-order valence-electron chi connectivity index (χ3n) is 6.79. The van der Waals surface area contributed by atoms with Crippen molar-refractivity contribution in [3.8, 4) is 23.7 Å². The first-order valence-electron chi connectivity index (χ1n) is 12.9. The molecule has 0 saturated carbocycles. The number of sulfonamides is 1. The fourth-order valence-electron chi connectivity index (χ4n) is 4.75. The number of aliphatic hydroxyl groups excluding tert-OH is 2. The van der Waals surface area contributed by atoms with Crippen molar-refractivity contribution >= 4 is 42.8 Å². The number of nitrogens with one attached hydrogen (secondary N) is 2. The van der Waals surface area contributed by atoms with Crippen molar-refractivity contribution in [2.24, 2.45) is 5.14 Å². The molecule has 3 unspecified atom stereocenters. The van der Waals surface area contributed by atoms with Gasteiger partial charge in [0.15, 0.2) is 0 Å². The lowest BCUT2D eigenvalue weighted by atomic mass is 10.0. The van der Waals surface area contributed by atoms with Crippen LogP contribution in [0, 0.1) is 23.2 Å². The number of primary sulfonamides is 1. The summed E-state index contributed by atoms with van der Waals surface area (Å²) >= 11 is 1.44. The van der Waals surface area contributed by atoms with E-state index in [1.54, 1.807) is 6.07 Å². The summed E-state index contributed by atoms with van der Waals surface area (Å²) in [4.78, 5) is 2.48. The van der Waals surface area contributed by atoms with Gasteiger partial charge < -0.3 is 25.6 Å². The first kappa shape index (κ1) is 30.5. The molecular weight excluding hydrogens is 569 g/mol. The lowest BCUT2D eigenvalue weighted by Gasteiger charge is -2.36. The maximum atomic E-state index is 15.1. The number of hydrogen-bond donors (Lipinski definition) is 5. The Balaban J connectivity index is 1.51. The zero-order valence-electron chi connectivity index (χ0n) is 22.4. The molecule has 4 rings (SSSR count). The van der Waals surface area contributed by atoms with Gasteiger partial charge in [-0.05, 0) is 24.6 Å². The van der Waals surface area contributed by atoms with E-state index in [1.165, 1.54) is 30.6 Å². The first-order valence-corrected chi connectivity index (χ1v) is 15.3. The summed E-state index contributed by atoms with van der Waals surface area (Å²) in [5.41, 5.74) is 2.13. The van der Waals surface area contributed by atoms with E-state index in [-0.39, 0.29) is 37.6 Å². The second-order valence-corrected chi connectivity index (χ2v) is 12.2. The minimum absolute atomic E-state index is 0.0630. The van der Waals surface area contributed by atoms with Crippen LogP contribution in [0.25, 0.3) is 10.1 Å². The maximum absolute atomic E-state index is 15.1. The van der Waals surface area contributed by atoms with Crippen LogP contribution in [0.3, 0.4) is 0 Å². The van der Waals surface area contributed by atoms with Crippen molar-refractivity contribution in [2.75, 3.05) is 50.5 Å². The molecule has 0 radical (unpaired) electrons. The molecule has 0 aliphatic carbocycles. The number of nitrogens with two attached hydrogens (primary N) is 1. The van der Waals surface area contributed by atoms with E-state index in [9.17, 15) is 18.8 Å². The number of thiophene rings is 1. The van der Waals surface area contributed by atoms with Gasteiger partial charge in [-0.25, -0.2) is 17.9 Å². The molecule has 13 heteroatoms. The number of anilines is 2. The largest absolute Gasteiger partial charge is 0.495 e. The zero-order valence-corrected chi connectivity index (χ0v) is 24.1. The fourth-order valence-corrected chi connectivity index (χ4v) is 6.45. The smallest absolute Gasteiger partial charge is 0.238 e. The molecule has 1 saturated heterocycles. The third kappa shape index (κ3) is 7.45. The minimum Gasteiger partial charge on any atom is -0.495 e. The number of rotatable bonds is 10. The summed E-state index contributed by atoms with van der Waals surface area (Å²) in [6.07, 6.45) is -1.35. The van der Waals surface area contributed by atoms with Crippen LogP contribution in [-0.2, 0) is 16.4 Å². The Hall–Kier alpha value is -3.43.